The van der Waals surface area contributed by atoms with Crippen LogP contribution >= 0.6 is 0 Å². The van der Waals surface area contributed by atoms with Gasteiger partial charge in [-0.3, -0.25) is 9.59 Å². The molecule has 6 heteroatoms. The molecule has 0 radical (unpaired) electrons. The van der Waals surface area contributed by atoms with Crippen molar-refractivity contribution in [2.24, 2.45) is 5.92 Å². The van der Waals surface area contributed by atoms with Crippen LogP contribution in [-0.2, 0) is 4.79 Å². The maximum Gasteiger partial charge on any atom is 0.253 e. The summed E-state index contributed by atoms with van der Waals surface area (Å²) in [6.45, 7) is 5.54. The fourth-order valence-electron chi connectivity index (χ4n) is 4.15. The van der Waals surface area contributed by atoms with Crippen LogP contribution < -0.4 is 14.8 Å². The van der Waals surface area contributed by atoms with Crippen LogP contribution in [0.1, 0.15) is 47.2 Å². The number of ether oxygens (including phenoxy) is 2. The van der Waals surface area contributed by atoms with E-state index in [0.29, 0.717) is 36.7 Å². The first-order valence-electron chi connectivity index (χ1n) is 10.8. The number of methoxy groups -OCH3 is 2. The lowest BCUT2D eigenvalue weighted by atomic mass is 9.87. The lowest BCUT2D eigenvalue weighted by Gasteiger charge is -2.21. The fourth-order valence-corrected chi connectivity index (χ4v) is 4.15. The third-order valence-electron chi connectivity index (χ3n) is 5.90. The molecule has 1 saturated heterocycles. The summed E-state index contributed by atoms with van der Waals surface area (Å²) >= 11 is 0. The average molecular weight is 425 g/mol. The molecule has 1 N–H and O–H groups in total. The molecule has 31 heavy (non-hydrogen) atoms. The van der Waals surface area contributed by atoms with Gasteiger partial charge in [0.15, 0.2) is 11.5 Å². The molecule has 3 rings (SSSR count). The monoisotopic (exact) mass is 424 g/mol. The molecule has 0 bridgehead atoms. The minimum Gasteiger partial charge on any atom is -0.493 e. The van der Waals surface area contributed by atoms with Crippen molar-refractivity contribution in [3.8, 4) is 11.5 Å². The summed E-state index contributed by atoms with van der Waals surface area (Å²) in [4.78, 5) is 28.0. The van der Waals surface area contributed by atoms with Gasteiger partial charge < -0.3 is 19.7 Å². The lowest BCUT2D eigenvalue weighted by molar-refractivity contribution is -0.124. The number of amides is 2. The quantitative estimate of drug-likeness (QED) is 0.655. The maximum absolute atomic E-state index is 13.2. The highest BCUT2D eigenvalue weighted by molar-refractivity contribution is 5.95. The normalized spacial score (nSPS) is 18.0. The van der Waals surface area contributed by atoms with Crippen LogP contribution in [0, 0.1) is 12.8 Å². The third-order valence-corrected chi connectivity index (χ3v) is 5.90. The van der Waals surface area contributed by atoms with Crippen LogP contribution in [0.15, 0.2) is 42.5 Å². The van der Waals surface area contributed by atoms with Gasteiger partial charge in [-0.15, -0.1) is 0 Å². The summed E-state index contributed by atoms with van der Waals surface area (Å²) in [6.07, 6.45) is 1.94. The Balaban J connectivity index is 1.91. The summed E-state index contributed by atoms with van der Waals surface area (Å²) in [5.74, 6) is 0.617. The number of likely N-dealkylation sites (tertiary alicyclic amines) is 1. The minimum atomic E-state index is -0.354. The molecule has 1 aliphatic heterocycles. The Morgan fingerprint density at radius 2 is 1.81 bits per heavy atom. The zero-order chi connectivity index (χ0) is 22.4. The zero-order valence-corrected chi connectivity index (χ0v) is 18.8. The smallest absolute Gasteiger partial charge is 0.253 e. The molecule has 1 heterocycles. The summed E-state index contributed by atoms with van der Waals surface area (Å²) in [5, 5.41) is 3.05. The van der Waals surface area contributed by atoms with Crippen molar-refractivity contribution in [1.29, 1.82) is 0 Å². The largest absolute Gasteiger partial charge is 0.493 e. The molecule has 0 aliphatic carbocycles. The number of hydrogen-bond acceptors (Lipinski definition) is 4. The summed E-state index contributed by atoms with van der Waals surface area (Å²) in [5.41, 5.74) is 2.62. The second kappa shape index (κ2) is 10.3. The van der Waals surface area contributed by atoms with Crippen molar-refractivity contribution < 1.29 is 19.1 Å². The molecule has 2 aromatic carbocycles. The Morgan fingerprint density at radius 1 is 1.06 bits per heavy atom. The number of nitrogens with one attached hydrogen (secondary N) is 1. The number of unbranched alkanes of at least 4 members (excludes halogenated alkanes) is 1. The van der Waals surface area contributed by atoms with Crippen molar-refractivity contribution >= 4 is 11.8 Å². The van der Waals surface area contributed by atoms with Crippen LogP contribution in [0.5, 0.6) is 11.5 Å². The first kappa shape index (κ1) is 22.7. The summed E-state index contributed by atoms with van der Waals surface area (Å²) in [6, 6.07) is 13.2. The van der Waals surface area contributed by atoms with E-state index < -0.39 is 0 Å². The molecule has 2 atom stereocenters. The fraction of sp³-hybridized carbons (Fsp3) is 0.440. The number of carbonyl (C=O) groups is 2. The molecule has 166 valence electrons. The van der Waals surface area contributed by atoms with Gasteiger partial charge in [0.1, 0.15) is 0 Å². The topological polar surface area (TPSA) is 67.9 Å². The number of para-hydroxylation sites is 1. The van der Waals surface area contributed by atoms with Crippen LogP contribution in [0.4, 0.5) is 0 Å². The molecule has 2 aromatic rings. The predicted molar refractivity (Wildman–Crippen MR) is 121 cm³/mol. The van der Waals surface area contributed by atoms with E-state index in [-0.39, 0.29) is 23.7 Å². The molecule has 0 unspecified atom stereocenters. The van der Waals surface area contributed by atoms with Gasteiger partial charge >= 0.3 is 0 Å². The molecular formula is C25H32N2O4. The Morgan fingerprint density at radius 3 is 2.45 bits per heavy atom. The van der Waals surface area contributed by atoms with E-state index in [1.807, 2.05) is 49.4 Å². The number of benzene rings is 2. The predicted octanol–water partition coefficient (Wildman–Crippen LogP) is 3.78. The van der Waals surface area contributed by atoms with E-state index in [2.05, 4.69) is 12.2 Å². The van der Waals surface area contributed by atoms with Crippen LogP contribution in [0.2, 0.25) is 0 Å². The van der Waals surface area contributed by atoms with E-state index in [1.165, 1.54) is 0 Å². The van der Waals surface area contributed by atoms with Gasteiger partial charge in [0.2, 0.25) is 5.91 Å². The first-order chi connectivity index (χ1) is 15.0. The maximum atomic E-state index is 13.2. The van der Waals surface area contributed by atoms with Gasteiger partial charge in [-0.25, -0.2) is 0 Å². The molecule has 2 amide bonds. The van der Waals surface area contributed by atoms with Crippen molar-refractivity contribution in [1.82, 2.24) is 10.2 Å². The Hall–Kier alpha value is -3.02. The molecule has 1 fully saturated rings. The van der Waals surface area contributed by atoms with Crippen molar-refractivity contribution in [3.05, 3.63) is 59.2 Å². The van der Waals surface area contributed by atoms with Crippen LogP contribution in [-0.4, -0.2) is 50.6 Å². The van der Waals surface area contributed by atoms with Crippen molar-refractivity contribution in [2.45, 2.75) is 32.6 Å². The first-order valence-corrected chi connectivity index (χ1v) is 10.8. The molecule has 0 aromatic heterocycles. The highest BCUT2D eigenvalue weighted by Crippen LogP contribution is 2.42. The van der Waals surface area contributed by atoms with E-state index >= 15 is 0 Å². The molecular weight excluding hydrogens is 392 g/mol. The van der Waals surface area contributed by atoms with Gasteiger partial charge in [-0.1, -0.05) is 43.2 Å². The van der Waals surface area contributed by atoms with Gasteiger partial charge in [-0.2, -0.15) is 0 Å². The highest BCUT2D eigenvalue weighted by Gasteiger charge is 2.42. The number of aryl methyl sites for hydroxylation is 1. The van der Waals surface area contributed by atoms with Gasteiger partial charge in [0.25, 0.3) is 5.91 Å². The molecule has 1 aliphatic rings. The number of rotatable bonds is 8. The molecule has 0 saturated carbocycles. The average Bonchev–Trinajstić information content (AvgIpc) is 3.24. The summed E-state index contributed by atoms with van der Waals surface area (Å²) < 4.78 is 11.1. The van der Waals surface area contributed by atoms with Gasteiger partial charge in [0.05, 0.1) is 20.1 Å². The van der Waals surface area contributed by atoms with Crippen LogP contribution in [0.3, 0.4) is 0 Å². The number of hydrogen-bond donors (Lipinski definition) is 1. The van der Waals surface area contributed by atoms with E-state index in [4.69, 9.17) is 9.47 Å². The number of carbonyl (C=O) groups excluding carboxylic acids is 2. The summed E-state index contributed by atoms with van der Waals surface area (Å²) in [7, 11) is 3.19. The Bertz CT molecular complexity index is 910. The second-order valence-electron chi connectivity index (χ2n) is 8.02. The zero-order valence-electron chi connectivity index (χ0n) is 18.8. The second-order valence-corrected chi connectivity index (χ2v) is 8.02. The van der Waals surface area contributed by atoms with E-state index in [0.717, 1.165) is 24.0 Å². The highest BCUT2D eigenvalue weighted by atomic mass is 16.5. The third kappa shape index (κ3) is 5.01. The van der Waals surface area contributed by atoms with Crippen molar-refractivity contribution in [3.63, 3.8) is 0 Å². The SMILES string of the molecule is CCCCNC(=O)[C@H]1CN(C(=O)c2ccc(C)cc2)C[C@H]1c1cccc(OC)c1OC. The lowest BCUT2D eigenvalue weighted by Crippen LogP contribution is -2.36. The van der Waals surface area contributed by atoms with Crippen molar-refractivity contribution in [2.75, 3.05) is 33.9 Å². The molecule has 6 nitrogen and oxygen atoms in total. The Kier molecular flexibility index (Phi) is 7.55. The number of nitrogens with zero attached hydrogens (tertiary/aromatic N) is 1. The Labute approximate surface area is 184 Å². The van der Waals surface area contributed by atoms with Crippen LogP contribution in [0.25, 0.3) is 0 Å². The van der Waals surface area contributed by atoms with E-state index in [1.54, 1.807) is 19.1 Å². The minimum absolute atomic E-state index is 0.0254. The van der Waals surface area contributed by atoms with E-state index in [9.17, 15) is 9.59 Å². The molecule has 0 spiro atoms. The van der Waals surface area contributed by atoms with Gasteiger partial charge in [0, 0.05) is 36.7 Å². The standard InChI is InChI=1S/C25H32N2O4/c1-5-6-14-26-24(28)21-16-27(25(29)18-12-10-17(2)11-13-18)15-20(21)19-8-7-9-22(30-3)23(19)31-4/h7-13,20-21H,5-6,14-16H2,1-4H3,(H,26,28)/t20-,21-/m0/s1. The van der Waals surface area contributed by atoms with Gasteiger partial charge in [-0.05, 0) is 31.5 Å².